The fourth-order valence-corrected chi connectivity index (χ4v) is 2.92. The summed E-state index contributed by atoms with van der Waals surface area (Å²) >= 11 is 0. The molecule has 21 heavy (non-hydrogen) atoms. The first-order valence-electron chi connectivity index (χ1n) is 6.24. The molecule has 0 radical (unpaired) electrons. The summed E-state index contributed by atoms with van der Waals surface area (Å²) in [6.07, 6.45) is 1.39. The van der Waals surface area contributed by atoms with Crippen molar-refractivity contribution in [2.45, 2.75) is 11.8 Å². The maximum Gasteiger partial charge on any atom is 0.264 e. The average molecular weight is 308 g/mol. The van der Waals surface area contributed by atoms with Gasteiger partial charge in [-0.15, -0.1) is 0 Å². The first kappa shape index (κ1) is 15.1. The van der Waals surface area contributed by atoms with Crippen molar-refractivity contribution in [1.82, 2.24) is 4.98 Å². The monoisotopic (exact) mass is 308 g/mol. The summed E-state index contributed by atoms with van der Waals surface area (Å²) in [4.78, 5) is 4.06. The molecule has 2 aromatic rings. The van der Waals surface area contributed by atoms with E-state index >= 15 is 0 Å². The molecule has 112 valence electrons. The van der Waals surface area contributed by atoms with Crippen LogP contribution >= 0.6 is 0 Å². The number of sulfonamides is 1. The van der Waals surface area contributed by atoms with Crippen molar-refractivity contribution in [3.8, 4) is 5.88 Å². The van der Waals surface area contributed by atoms with Crippen LogP contribution in [-0.4, -0.2) is 20.0 Å². The lowest BCUT2D eigenvalue weighted by molar-refractivity contribution is 0.327. The van der Waals surface area contributed by atoms with Gasteiger partial charge in [0.15, 0.2) is 0 Å². The predicted molar refractivity (Wildman–Crippen MR) is 80.5 cm³/mol. The summed E-state index contributed by atoms with van der Waals surface area (Å²) in [5.41, 5.74) is 3.01. The molecule has 4 N–H and O–H groups in total. The third-order valence-corrected chi connectivity index (χ3v) is 4.05. The molecule has 0 unspecified atom stereocenters. The standard InChI is InChI=1S/C13H16N4O3S/c1-2-20-13-8-7-10(9-15-13)17-21(18,19)12-6-4-3-5-11(12)16-14/h3-9,16-17H,2,14H2,1H3. The Labute approximate surface area is 123 Å². The number of rotatable bonds is 6. The second kappa shape index (κ2) is 6.42. The lowest BCUT2D eigenvalue weighted by Crippen LogP contribution is -2.17. The van der Waals surface area contributed by atoms with Crippen LogP contribution in [0, 0.1) is 0 Å². The zero-order valence-corrected chi connectivity index (χ0v) is 12.2. The molecular formula is C13H16N4O3S. The Morgan fingerprint density at radius 1 is 1.24 bits per heavy atom. The molecule has 8 heteroatoms. The summed E-state index contributed by atoms with van der Waals surface area (Å²) in [6.45, 7) is 2.34. The number of nitrogens with two attached hydrogens (primary N) is 1. The Hall–Kier alpha value is -2.32. The maximum atomic E-state index is 12.3. The molecule has 0 aliphatic carbocycles. The molecule has 0 saturated heterocycles. The van der Waals surface area contributed by atoms with Gasteiger partial charge in [-0.1, -0.05) is 12.1 Å². The molecule has 1 aromatic heterocycles. The van der Waals surface area contributed by atoms with Gasteiger partial charge in [-0.25, -0.2) is 13.4 Å². The van der Waals surface area contributed by atoms with Gasteiger partial charge in [0, 0.05) is 6.07 Å². The Bertz CT molecular complexity index is 702. The first-order chi connectivity index (χ1) is 10.1. The summed E-state index contributed by atoms with van der Waals surface area (Å²) in [7, 11) is -3.75. The maximum absolute atomic E-state index is 12.3. The van der Waals surface area contributed by atoms with E-state index in [1.807, 2.05) is 6.92 Å². The highest BCUT2D eigenvalue weighted by molar-refractivity contribution is 7.92. The summed E-state index contributed by atoms with van der Waals surface area (Å²) in [6, 6.07) is 9.51. The lowest BCUT2D eigenvalue weighted by atomic mass is 10.3. The van der Waals surface area contributed by atoms with Crippen molar-refractivity contribution in [1.29, 1.82) is 0 Å². The highest BCUT2D eigenvalue weighted by Crippen LogP contribution is 2.23. The summed E-state index contributed by atoms with van der Waals surface area (Å²) in [5, 5.41) is 0. The van der Waals surface area contributed by atoms with Crippen LogP contribution in [-0.2, 0) is 10.0 Å². The van der Waals surface area contributed by atoms with E-state index in [-0.39, 0.29) is 4.90 Å². The van der Waals surface area contributed by atoms with Crippen LogP contribution in [0.15, 0.2) is 47.5 Å². The Kier molecular flexibility index (Phi) is 4.61. The largest absolute Gasteiger partial charge is 0.478 e. The number of aromatic nitrogens is 1. The summed E-state index contributed by atoms with van der Waals surface area (Å²) in [5.74, 6) is 5.76. The van der Waals surface area contributed by atoms with E-state index in [4.69, 9.17) is 10.6 Å². The van der Waals surface area contributed by atoms with Gasteiger partial charge in [0.25, 0.3) is 10.0 Å². The number of para-hydroxylation sites is 1. The third-order valence-electron chi connectivity index (χ3n) is 2.61. The van der Waals surface area contributed by atoms with Gasteiger partial charge in [-0.05, 0) is 25.1 Å². The van der Waals surface area contributed by atoms with Crippen LogP contribution < -0.4 is 20.7 Å². The second-order valence-electron chi connectivity index (χ2n) is 4.06. The average Bonchev–Trinajstić information content (AvgIpc) is 2.49. The second-order valence-corrected chi connectivity index (χ2v) is 5.71. The highest BCUT2D eigenvalue weighted by atomic mass is 32.2. The topological polar surface area (TPSA) is 106 Å². The molecule has 0 aliphatic heterocycles. The zero-order chi connectivity index (χ0) is 15.3. The molecule has 7 nitrogen and oxygen atoms in total. The quantitative estimate of drug-likeness (QED) is 0.552. The van der Waals surface area contributed by atoms with Crippen molar-refractivity contribution >= 4 is 21.4 Å². The van der Waals surface area contributed by atoms with Crippen LogP contribution in [0.5, 0.6) is 5.88 Å². The van der Waals surface area contributed by atoms with Crippen molar-refractivity contribution in [3.63, 3.8) is 0 Å². The van der Waals surface area contributed by atoms with Crippen molar-refractivity contribution < 1.29 is 13.2 Å². The van der Waals surface area contributed by atoms with E-state index in [1.54, 1.807) is 30.3 Å². The number of hydrogen-bond donors (Lipinski definition) is 3. The van der Waals surface area contributed by atoms with Gasteiger partial charge in [-0.2, -0.15) is 0 Å². The SMILES string of the molecule is CCOc1ccc(NS(=O)(=O)c2ccccc2NN)cn1. The molecule has 2 rings (SSSR count). The molecule has 0 amide bonds. The van der Waals surface area contributed by atoms with E-state index in [9.17, 15) is 8.42 Å². The van der Waals surface area contributed by atoms with Crippen LogP contribution in [0.2, 0.25) is 0 Å². The molecule has 0 atom stereocenters. The normalized spacial score (nSPS) is 11.0. The minimum atomic E-state index is -3.75. The minimum absolute atomic E-state index is 0.0568. The van der Waals surface area contributed by atoms with Gasteiger partial charge in [0.05, 0.1) is 24.2 Å². The number of nitrogens with zero attached hydrogens (tertiary/aromatic N) is 1. The smallest absolute Gasteiger partial charge is 0.264 e. The van der Waals surface area contributed by atoms with Gasteiger partial charge < -0.3 is 10.2 Å². The molecule has 0 fully saturated rings. The Morgan fingerprint density at radius 2 is 2.00 bits per heavy atom. The van der Waals surface area contributed by atoms with Gasteiger partial charge in [-0.3, -0.25) is 10.6 Å². The van der Waals surface area contributed by atoms with Gasteiger partial charge in [0.1, 0.15) is 4.90 Å². The number of benzene rings is 1. The number of nitrogens with one attached hydrogen (secondary N) is 2. The number of hydrazine groups is 1. The number of anilines is 2. The van der Waals surface area contributed by atoms with Crippen LogP contribution in [0.25, 0.3) is 0 Å². The number of nitrogen functional groups attached to an aromatic ring is 1. The molecule has 0 aliphatic rings. The number of hydrogen-bond acceptors (Lipinski definition) is 6. The Morgan fingerprint density at radius 3 is 2.62 bits per heavy atom. The third kappa shape index (κ3) is 3.61. The van der Waals surface area contributed by atoms with E-state index in [1.165, 1.54) is 12.3 Å². The van der Waals surface area contributed by atoms with Gasteiger partial charge in [0.2, 0.25) is 5.88 Å². The predicted octanol–water partition coefficient (Wildman–Crippen LogP) is 1.57. The summed E-state index contributed by atoms with van der Waals surface area (Å²) < 4.78 is 32.3. The number of ether oxygens (including phenoxy) is 1. The van der Waals surface area contributed by atoms with E-state index in [2.05, 4.69) is 15.1 Å². The molecule has 0 saturated carbocycles. The fraction of sp³-hybridized carbons (Fsp3) is 0.154. The number of pyridine rings is 1. The lowest BCUT2D eigenvalue weighted by Gasteiger charge is -2.11. The zero-order valence-electron chi connectivity index (χ0n) is 11.4. The molecular weight excluding hydrogens is 292 g/mol. The fourth-order valence-electron chi connectivity index (χ4n) is 1.70. The van der Waals surface area contributed by atoms with E-state index < -0.39 is 10.0 Å². The molecule has 0 spiro atoms. The van der Waals surface area contributed by atoms with Crippen LogP contribution in [0.3, 0.4) is 0 Å². The van der Waals surface area contributed by atoms with Crippen LogP contribution in [0.4, 0.5) is 11.4 Å². The Balaban J connectivity index is 2.24. The minimum Gasteiger partial charge on any atom is -0.478 e. The van der Waals surface area contributed by atoms with Crippen molar-refractivity contribution in [2.75, 3.05) is 16.8 Å². The van der Waals surface area contributed by atoms with Crippen molar-refractivity contribution in [3.05, 3.63) is 42.6 Å². The van der Waals surface area contributed by atoms with Crippen molar-refractivity contribution in [2.24, 2.45) is 5.84 Å². The highest BCUT2D eigenvalue weighted by Gasteiger charge is 2.18. The molecule has 0 bridgehead atoms. The molecule has 1 aromatic carbocycles. The first-order valence-corrected chi connectivity index (χ1v) is 7.72. The van der Waals surface area contributed by atoms with Crippen LogP contribution in [0.1, 0.15) is 6.92 Å². The molecule has 1 heterocycles. The van der Waals surface area contributed by atoms with E-state index in [0.717, 1.165) is 0 Å². The van der Waals surface area contributed by atoms with E-state index in [0.29, 0.717) is 23.9 Å². The van der Waals surface area contributed by atoms with Gasteiger partial charge >= 0.3 is 0 Å².